The number of unbranched alkanes of at least 4 members (excludes halogenated alkanes) is 1. The molecule has 0 saturated heterocycles. The van der Waals surface area contributed by atoms with Gasteiger partial charge in [-0.2, -0.15) is 6.42 Å². The summed E-state index contributed by atoms with van der Waals surface area (Å²) in [6.07, 6.45) is 2.90. The number of halogens is 2. The third-order valence-electron chi connectivity index (χ3n) is 3.92. The van der Waals surface area contributed by atoms with Crippen LogP contribution in [0.15, 0.2) is 30.3 Å². The second-order valence-corrected chi connectivity index (χ2v) is 10.1. The van der Waals surface area contributed by atoms with Crippen LogP contribution in [-0.2, 0) is 9.59 Å². The molecule has 0 spiro atoms. The normalized spacial score (nSPS) is 10.3. The van der Waals surface area contributed by atoms with Gasteiger partial charge in [0.15, 0.2) is 6.29 Å². The van der Waals surface area contributed by atoms with E-state index in [1.54, 1.807) is 39.0 Å². The summed E-state index contributed by atoms with van der Waals surface area (Å²) in [5.41, 5.74) is -0.671. The number of carbonyl (C=O) groups excluding carboxylic acids is 3. The minimum Gasteiger partial charge on any atom is -0.343 e. The SMILES string of the molecule is CC(C)(C)C(=O)Nc1cccc(Cl)n1.CC(C)(C)C(=O)Nc1nc(Cl)ccc1C=O.[CH2-]CCC.[Li+]. The number of hydrogen-bond donors (Lipinski definition) is 2. The Morgan fingerprint density at radius 1 is 0.914 bits per heavy atom. The predicted octanol–water partition coefficient (Wildman–Crippen LogP) is 3.88. The summed E-state index contributed by atoms with van der Waals surface area (Å²) in [6.45, 7) is 16.6. The van der Waals surface area contributed by atoms with Crippen LogP contribution < -0.4 is 29.5 Å². The summed E-state index contributed by atoms with van der Waals surface area (Å²) in [6, 6.07) is 8.12. The van der Waals surface area contributed by atoms with Crippen LogP contribution >= 0.6 is 23.2 Å². The van der Waals surface area contributed by atoms with Crippen molar-refractivity contribution in [1.29, 1.82) is 0 Å². The molecule has 0 atom stereocenters. The Hall–Kier alpha value is -1.91. The Balaban J connectivity index is 0. The maximum Gasteiger partial charge on any atom is 1.00 e. The number of hydrogen-bond acceptors (Lipinski definition) is 5. The smallest absolute Gasteiger partial charge is 0.343 e. The minimum absolute atomic E-state index is 0. The molecule has 0 bridgehead atoms. The van der Waals surface area contributed by atoms with E-state index in [4.69, 9.17) is 23.2 Å². The quantitative estimate of drug-likeness (QED) is 0.278. The van der Waals surface area contributed by atoms with Gasteiger partial charge in [-0.25, -0.2) is 9.97 Å². The molecule has 0 aliphatic heterocycles. The average Bonchev–Trinajstić information content (AvgIpc) is 2.73. The van der Waals surface area contributed by atoms with Gasteiger partial charge >= 0.3 is 18.9 Å². The number of carbonyl (C=O) groups is 3. The first-order chi connectivity index (χ1) is 15.6. The molecule has 2 aromatic heterocycles. The summed E-state index contributed by atoms with van der Waals surface area (Å²) in [5.74, 6) is 0.387. The van der Waals surface area contributed by atoms with Gasteiger partial charge in [0.25, 0.3) is 0 Å². The number of nitrogens with one attached hydrogen (secondary N) is 2. The molecule has 2 amide bonds. The van der Waals surface area contributed by atoms with Crippen molar-refractivity contribution in [1.82, 2.24) is 9.97 Å². The van der Waals surface area contributed by atoms with Crippen molar-refractivity contribution in [3.8, 4) is 0 Å². The van der Waals surface area contributed by atoms with Crippen LogP contribution in [0.3, 0.4) is 0 Å². The molecule has 7 nitrogen and oxygen atoms in total. The van der Waals surface area contributed by atoms with Gasteiger partial charge in [0.2, 0.25) is 11.8 Å². The zero-order valence-corrected chi connectivity index (χ0v) is 23.5. The molecule has 2 N–H and O–H groups in total. The van der Waals surface area contributed by atoms with E-state index in [2.05, 4.69) is 34.4 Å². The van der Waals surface area contributed by atoms with Gasteiger partial charge in [-0.3, -0.25) is 14.4 Å². The fourth-order valence-electron chi connectivity index (χ4n) is 1.72. The van der Waals surface area contributed by atoms with Gasteiger partial charge < -0.3 is 17.6 Å². The van der Waals surface area contributed by atoms with E-state index in [0.29, 0.717) is 22.8 Å². The molecular formula is C25H35Cl2LiN4O3. The number of aromatic nitrogens is 2. The molecule has 0 radical (unpaired) electrons. The molecule has 2 heterocycles. The van der Waals surface area contributed by atoms with Gasteiger partial charge in [0.1, 0.15) is 21.9 Å². The Labute approximate surface area is 231 Å². The number of amides is 2. The van der Waals surface area contributed by atoms with Crippen molar-refractivity contribution in [3.05, 3.63) is 53.1 Å². The first kappa shape index (κ1) is 35.3. The van der Waals surface area contributed by atoms with Crippen molar-refractivity contribution in [2.45, 2.75) is 61.3 Å². The van der Waals surface area contributed by atoms with Crippen LogP contribution in [0, 0.1) is 17.8 Å². The number of nitrogens with zero attached hydrogens (tertiary/aromatic N) is 2. The van der Waals surface area contributed by atoms with Crippen molar-refractivity contribution in [3.63, 3.8) is 0 Å². The van der Waals surface area contributed by atoms with Crippen LogP contribution in [0.2, 0.25) is 10.3 Å². The number of pyridine rings is 2. The van der Waals surface area contributed by atoms with Gasteiger partial charge in [-0.05, 0) is 24.3 Å². The van der Waals surface area contributed by atoms with Gasteiger partial charge in [-0.15, -0.1) is 0 Å². The molecule has 188 valence electrons. The van der Waals surface area contributed by atoms with Crippen LogP contribution in [0.25, 0.3) is 0 Å². The van der Waals surface area contributed by atoms with E-state index in [0.717, 1.165) is 6.42 Å². The van der Waals surface area contributed by atoms with E-state index in [1.165, 1.54) is 18.6 Å². The van der Waals surface area contributed by atoms with E-state index >= 15 is 0 Å². The van der Waals surface area contributed by atoms with Gasteiger partial charge in [0.05, 0.1) is 5.56 Å². The molecule has 0 aliphatic rings. The molecule has 2 aromatic rings. The Bertz CT molecular complexity index is 956. The van der Waals surface area contributed by atoms with E-state index < -0.39 is 10.8 Å². The fraction of sp³-hybridized carbons (Fsp3) is 0.440. The topological polar surface area (TPSA) is 101 Å². The zero-order chi connectivity index (χ0) is 26.5. The number of aldehydes is 1. The number of anilines is 2. The second-order valence-electron chi connectivity index (χ2n) is 9.30. The van der Waals surface area contributed by atoms with Gasteiger partial charge in [-0.1, -0.05) is 84.2 Å². The maximum atomic E-state index is 11.7. The molecule has 0 aromatic carbocycles. The fourth-order valence-corrected chi connectivity index (χ4v) is 2.03. The van der Waals surface area contributed by atoms with Crippen molar-refractivity contribution < 1.29 is 33.2 Å². The molecule has 2 rings (SSSR count). The van der Waals surface area contributed by atoms with Crippen LogP contribution in [0.4, 0.5) is 11.6 Å². The average molecular weight is 517 g/mol. The summed E-state index contributed by atoms with van der Waals surface area (Å²) < 4.78 is 0. The standard InChI is InChI=1S/C11H13ClN2O2.C10H13ClN2O.C4H9.Li/c1-11(2,3)10(16)14-9-7(6-15)4-5-8(12)13-9;1-10(2,3)9(14)13-8-6-4-5-7(11)12-8;1-3-4-2;/h4-6H,1-3H3,(H,13,14,16);4-6H,1-3H3,(H,12,13,14);1,3-4H2,2H3;/q;;-1;+1. The largest absolute Gasteiger partial charge is 1.00 e. The van der Waals surface area contributed by atoms with E-state index in [9.17, 15) is 14.4 Å². The first-order valence-corrected chi connectivity index (χ1v) is 11.6. The monoisotopic (exact) mass is 516 g/mol. The third-order valence-corrected chi connectivity index (χ3v) is 4.35. The Kier molecular flexibility index (Phi) is 16.8. The molecule has 0 saturated carbocycles. The number of rotatable bonds is 4. The third kappa shape index (κ3) is 14.9. The minimum atomic E-state index is -0.551. The molecule has 10 heteroatoms. The molecule has 0 fully saturated rings. The summed E-state index contributed by atoms with van der Waals surface area (Å²) in [5, 5.41) is 5.87. The Morgan fingerprint density at radius 2 is 1.40 bits per heavy atom. The molecule has 0 aliphatic carbocycles. The molecule has 35 heavy (non-hydrogen) atoms. The van der Waals surface area contributed by atoms with E-state index in [1.807, 2.05) is 20.8 Å². The summed E-state index contributed by atoms with van der Waals surface area (Å²) in [4.78, 5) is 41.8. The van der Waals surface area contributed by atoms with Crippen LogP contribution in [-0.4, -0.2) is 28.1 Å². The Morgan fingerprint density at radius 3 is 1.83 bits per heavy atom. The van der Waals surface area contributed by atoms with Crippen molar-refractivity contribution >= 4 is 52.9 Å². The maximum absolute atomic E-state index is 11.7. The van der Waals surface area contributed by atoms with Crippen molar-refractivity contribution in [2.24, 2.45) is 10.8 Å². The zero-order valence-electron chi connectivity index (χ0n) is 22.0. The van der Waals surface area contributed by atoms with Crippen LogP contribution in [0.5, 0.6) is 0 Å². The summed E-state index contributed by atoms with van der Waals surface area (Å²) >= 11 is 11.4. The predicted molar refractivity (Wildman–Crippen MR) is 140 cm³/mol. The van der Waals surface area contributed by atoms with Crippen molar-refractivity contribution in [2.75, 3.05) is 10.6 Å². The second kappa shape index (κ2) is 16.7. The first-order valence-electron chi connectivity index (χ1n) is 10.8. The van der Waals surface area contributed by atoms with E-state index in [-0.39, 0.29) is 41.6 Å². The molecular weight excluding hydrogens is 482 g/mol. The van der Waals surface area contributed by atoms with Gasteiger partial charge in [0, 0.05) is 10.8 Å². The molecule has 0 unspecified atom stereocenters. The van der Waals surface area contributed by atoms with Crippen LogP contribution in [0.1, 0.15) is 71.7 Å². The summed E-state index contributed by atoms with van der Waals surface area (Å²) in [7, 11) is 0.